The highest BCUT2D eigenvalue weighted by molar-refractivity contribution is 7.94. The second-order valence-corrected chi connectivity index (χ2v) is 19.1. The van der Waals surface area contributed by atoms with Crippen LogP contribution in [-0.4, -0.2) is 59.0 Å². The van der Waals surface area contributed by atoms with Gasteiger partial charge in [-0.25, -0.2) is 30.2 Å². The maximum absolute atomic E-state index is 14.1. The highest BCUT2D eigenvalue weighted by Gasteiger charge is 2.41. The Kier molecular flexibility index (Phi) is 7.93. The summed E-state index contributed by atoms with van der Waals surface area (Å²) in [4.78, 5) is 11.6. The lowest BCUT2D eigenvalue weighted by atomic mass is 10.1. The molecule has 6 N–H and O–H groups in total. The van der Waals surface area contributed by atoms with Crippen molar-refractivity contribution in [2.75, 3.05) is 19.2 Å². The van der Waals surface area contributed by atoms with Crippen molar-refractivity contribution in [1.82, 2.24) is 0 Å². The number of rotatable bonds is 6. The van der Waals surface area contributed by atoms with E-state index in [4.69, 9.17) is 0 Å². The Labute approximate surface area is 318 Å². The van der Waals surface area contributed by atoms with Crippen molar-refractivity contribution in [2.24, 2.45) is 0 Å². The molecule has 17 nitrogen and oxygen atoms in total. The molecule has 6 aromatic carbocycles. The number of carbonyl (C=O) groups is 1. The molecule has 2 amide bonds. The summed E-state index contributed by atoms with van der Waals surface area (Å²) >= 11 is 0. The third-order valence-electron chi connectivity index (χ3n) is 9.66. The molecule has 0 saturated heterocycles. The van der Waals surface area contributed by atoms with Gasteiger partial charge in [0.05, 0.1) is 34.1 Å². The summed E-state index contributed by atoms with van der Waals surface area (Å²) in [5.74, 6) is -1.06. The summed E-state index contributed by atoms with van der Waals surface area (Å²) in [6, 6.07) is 16.4. The zero-order chi connectivity index (χ0) is 40.4. The van der Waals surface area contributed by atoms with Gasteiger partial charge in [-0.3, -0.25) is 9.11 Å². The van der Waals surface area contributed by atoms with Crippen molar-refractivity contribution >= 4 is 102 Å². The molecular weight excluding hydrogens is 813 g/mol. The number of nitrogens with zero attached hydrogens (tertiary/aromatic N) is 2. The first-order valence-corrected chi connectivity index (χ1v) is 21.8. The van der Waals surface area contributed by atoms with E-state index in [1.165, 1.54) is 74.5 Å². The van der Waals surface area contributed by atoms with Gasteiger partial charge in [-0.05, 0) is 85.6 Å². The number of nitrogens with one attached hydrogen (secondary N) is 2. The number of sulfonamides is 2. The van der Waals surface area contributed by atoms with E-state index in [1.807, 2.05) is 0 Å². The van der Waals surface area contributed by atoms with E-state index >= 15 is 0 Å². The van der Waals surface area contributed by atoms with E-state index < -0.39 is 67.6 Å². The molecular formula is C35H26N4O13S4. The molecule has 4 bridgehead atoms. The normalized spacial score (nSPS) is 15.4. The molecule has 4 aliphatic heterocycles. The van der Waals surface area contributed by atoms with Crippen LogP contribution in [0.15, 0.2) is 105 Å². The molecule has 4 heterocycles. The minimum absolute atomic E-state index is 0.0235. The zero-order valence-corrected chi connectivity index (χ0v) is 31.8. The van der Waals surface area contributed by atoms with Crippen molar-refractivity contribution < 1.29 is 57.8 Å². The first-order chi connectivity index (χ1) is 26.2. The van der Waals surface area contributed by atoms with Crippen molar-refractivity contribution in [1.29, 1.82) is 0 Å². The summed E-state index contributed by atoms with van der Waals surface area (Å²) < 4.78 is 126. The number of phenolic OH excluding ortho intramolecular Hbond substituents is 2. The van der Waals surface area contributed by atoms with Gasteiger partial charge in [-0.15, -0.1) is 0 Å². The number of hydrogen-bond donors (Lipinski definition) is 6. The Hall–Kier alpha value is -5.97. The smallest absolute Gasteiger partial charge is 0.323 e. The average Bonchev–Trinajstić information content (AvgIpc) is 3.10. The number of benzene rings is 6. The van der Waals surface area contributed by atoms with Gasteiger partial charge in [-0.1, -0.05) is 24.3 Å². The molecule has 0 unspecified atom stereocenters. The quantitative estimate of drug-likeness (QED) is 0.108. The molecule has 0 atom stereocenters. The SMILES string of the molecule is Cc1c2ccc(c1NC(=O)Nc1c3ccc(c1C)N(c1ccc(S(=O)(=O)O)c4c(O)cccc14)S3(=O)=O)S(=O)(=O)N2c1ccc(S(=O)(=O)O)c2c(O)cccc12. The first-order valence-electron chi connectivity index (χ1n) is 16.1. The third-order valence-corrected chi connectivity index (χ3v) is 15.0. The molecule has 21 heteroatoms. The molecule has 10 rings (SSSR count). The molecule has 0 spiro atoms. The molecule has 4 aliphatic rings. The van der Waals surface area contributed by atoms with Crippen molar-refractivity contribution in [3.05, 3.63) is 96.1 Å². The van der Waals surface area contributed by atoms with Crippen LogP contribution in [0.2, 0.25) is 0 Å². The van der Waals surface area contributed by atoms with Crippen LogP contribution in [0.1, 0.15) is 11.1 Å². The zero-order valence-electron chi connectivity index (χ0n) is 28.6. The largest absolute Gasteiger partial charge is 0.507 e. The lowest BCUT2D eigenvalue weighted by Crippen LogP contribution is -2.35. The number of urea groups is 1. The second-order valence-electron chi connectivity index (χ2n) is 12.8. The number of fused-ring (bicyclic) bond motifs is 8. The van der Waals surface area contributed by atoms with Crippen LogP contribution in [0.25, 0.3) is 21.5 Å². The number of aromatic hydroxyl groups is 2. The summed E-state index contributed by atoms with van der Waals surface area (Å²) in [6.45, 7) is 3.03. The summed E-state index contributed by atoms with van der Waals surface area (Å²) in [7, 11) is -18.7. The van der Waals surface area contributed by atoms with Gasteiger partial charge in [-0.2, -0.15) is 16.8 Å². The van der Waals surface area contributed by atoms with Crippen LogP contribution in [0.5, 0.6) is 11.5 Å². The first kappa shape index (κ1) is 37.0. The van der Waals surface area contributed by atoms with Gasteiger partial charge < -0.3 is 20.8 Å². The van der Waals surface area contributed by atoms with Crippen LogP contribution < -0.4 is 19.2 Å². The van der Waals surface area contributed by atoms with Gasteiger partial charge in [0.2, 0.25) is 0 Å². The Balaban J connectivity index is 1.17. The predicted molar refractivity (Wildman–Crippen MR) is 205 cm³/mol. The molecule has 0 aliphatic carbocycles. The van der Waals surface area contributed by atoms with Gasteiger partial charge in [0.15, 0.2) is 0 Å². The molecule has 0 fully saturated rings. The second kappa shape index (κ2) is 12.0. The average molecular weight is 839 g/mol. The number of hydrogen-bond acceptors (Lipinski definition) is 11. The predicted octanol–water partition coefficient (Wildman–Crippen LogP) is 5.84. The molecule has 0 aromatic heterocycles. The van der Waals surface area contributed by atoms with Crippen molar-refractivity contribution in [3.63, 3.8) is 0 Å². The summed E-state index contributed by atoms with van der Waals surface area (Å²) in [5.41, 5.74) is 0.201. The molecule has 0 radical (unpaired) electrons. The van der Waals surface area contributed by atoms with Gasteiger partial charge in [0.1, 0.15) is 31.1 Å². The fourth-order valence-electron chi connectivity index (χ4n) is 7.23. The van der Waals surface area contributed by atoms with E-state index in [9.17, 15) is 57.8 Å². The summed E-state index contributed by atoms with van der Waals surface area (Å²) in [5, 5.41) is 25.5. The van der Waals surface area contributed by atoms with Crippen LogP contribution in [-0.2, 0) is 40.3 Å². The van der Waals surface area contributed by atoms with E-state index in [1.54, 1.807) is 0 Å². The van der Waals surface area contributed by atoms with Crippen molar-refractivity contribution in [2.45, 2.75) is 33.4 Å². The monoisotopic (exact) mass is 838 g/mol. The van der Waals surface area contributed by atoms with Crippen LogP contribution in [0.3, 0.4) is 0 Å². The fourth-order valence-corrected chi connectivity index (χ4v) is 12.2. The lowest BCUT2D eigenvalue weighted by Gasteiger charge is -2.35. The van der Waals surface area contributed by atoms with Crippen LogP contribution in [0, 0.1) is 13.8 Å². The summed E-state index contributed by atoms with van der Waals surface area (Å²) in [6.07, 6.45) is 0. The number of carbonyl (C=O) groups excluding carboxylic acids is 1. The van der Waals surface area contributed by atoms with Crippen LogP contribution in [0.4, 0.5) is 38.9 Å². The van der Waals surface area contributed by atoms with E-state index in [-0.39, 0.29) is 76.6 Å². The number of phenols is 2. The Morgan fingerprint density at radius 1 is 0.554 bits per heavy atom. The Morgan fingerprint density at radius 3 is 1.27 bits per heavy atom. The van der Waals surface area contributed by atoms with Crippen LogP contribution >= 0.6 is 0 Å². The van der Waals surface area contributed by atoms with E-state index in [0.717, 1.165) is 32.9 Å². The molecule has 288 valence electrons. The highest BCUT2D eigenvalue weighted by atomic mass is 32.2. The maximum Gasteiger partial charge on any atom is 0.323 e. The minimum Gasteiger partial charge on any atom is -0.507 e. The minimum atomic E-state index is -4.84. The Morgan fingerprint density at radius 2 is 0.911 bits per heavy atom. The topological polar surface area (TPSA) is 265 Å². The highest BCUT2D eigenvalue weighted by Crippen LogP contribution is 2.51. The van der Waals surface area contributed by atoms with Gasteiger partial charge >= 0.3 is 6.03 Å². The standard InChI is InChI=1S/C35H26N4O13S4/c1-17-21-9-15-29(53(43,44)38(21)23-11-13-27(55(47,48)49)31-19(23)5-3-7-25(31)40)33(17)36-35(42)37-34-18(2)22-10-16-30(34)54(45,46)39(22)24-12-14-28(56(50,51)52)32-20(24)6-4-8-26(32)41/h3-16,40-41H,1-2H3,(H2,36,37,42)(H,47,48,49)(H,50,51,52). The maximum atomic E-state index is 14.1. The molecule has 56 heavy (non-hydrogen) atoms. The van der Waals surface area contributed by atoms with Gasteiger partial charge in [0, 0.05) is 21.5 Å². The number of amides is 2. The van der Waals surface area contributed by atoms with Gasteiger partial charge in [0.25, 0.3) is 40.3 Å². The molecule has 0 saturated carbocycles. The lowest BCUT2D eigenvalue weighted by molar-refractivity contribution is 0.262. The molecule has 6 aromatic rings. The van der Waals surface area contributed by atoms with E-state index in [2.05, 4.69) is 10.6 Å². The third kappa shape index (κ3) is 5.27. The van der Waals surface area contributed by atoms with E-state index in [0.29, 0.717) is 0 Å². The number of anilines is 6. The fraction of sp³-hybridized carbons (Fsp3) is 0.0571. The van der Waals surface area contributed by atoms with Crippen molar-refractivity contribution in [3.8, 4) is 11.5 Å². The Bertz CT molecular complexity index is 3050.